The summed E-state index contributed by atoms with van der Waals surface area (Å²) in [5, 5.41) is 0.728. The SMILES string of the molecule is COc1cc(CC(=O)N2CCN(c3cc(Cl)ccc3C)CC2)cc(OC)c1OC. The Bertz CT molecular complexity index is 854. The molecular weight excluding hydrogens is 392 g/mol. The molecule has 1 saturated heterocycles. The molecule has 7 heteroatoms. The van der Waals surface area contributed by atoms with Crippen LogP contribution < -0.4 is 19.1 Å². The maximum absolute atomic E-state index is 12.9. The third-order valence-corrected chi connectivity index (χ3v) is 5.46. The molecular formula is C22H27ClN2O4. The minimum Gasteiger partial charge on any atom is -0.493 e. The van der Waals surface area contributed by atoms with E-state index in [9.17, 15) is 4.79 Å². The van der Waals surface area contributed by atoms with Crippen LogP contribution in [0.15, 0.2) is 30.3 Å². The lowest BCUT2D eigenvalue weighted by molar-refractivity contribution is -0.130. The molecule has 1 heterocycles. The Labute approximate surface area is 176 Å². The van der Waals surface area contributed by atoms with Crippen LogP contribution in [-0.4, -0.2) is 58.3 Å². The van der Waals surface area contributed by atoms with E-state index in [1.165, 1.54) is 5.56 Å². The van der Waals surface area contributed by atoms with Gasteiger partial charge in [-0.3, -0.25) is 4.79 Å². The van der Waals surface area contributed by atoms with Crippen LogP contribution >= 0.6 is 11.6 Å². The number of halogens is 1. The van der Waals surface area contributed by atoms with Crippen molar-refractivity contribution in [1.82, 2.24) is 4.90 Å². The lowest BCUT2D eigenvalue weighted by Crippen LogP contribution is -2.49. The van der Waals surface area contributed by atoms with E-state index in [2.05, 4.69) is 11.8 Å². The Kier molecular flexibility index (Phi) is 6.75. The van der Waals surface area contributed by atoms with Gasteiger partial charge in [-0.15, -0.1) is 0 Å². The Morgan fingerprint density at radius 3 is 2.14 bits per heavy atom. The predicted molar refractivity (Wildman–Crippen MR) is 115 cm³/mol. The van der Waals surface area contributed by atoms with Crippen molar-refractivity contribution in [3.8, 4) is 17.2 Å². The topological polar surface area (TPSA) is 51.2 Å². The van der Waals surface area contributed by atoms with Crippen molar-refractivity contribution in [3.05, 3.63) is 46.5 Å². The monoisotopic (exact) mass is 418 g/mol. The fourth-order valence-electron chi connectivity index (χ4n) is 3.64. The van der Waals surface area contributed by atoms with Crippen LogP contribution in [0.4, 0.5) is 5.69 Å². The first-order valence-electron chi connectivity index (χ1n) is 9.54. The van der Waals surface area contributed by atoms with E-state index >= 15 is 0 Å². The van der Waals surface area contributed by atoms with Gasteiger partial charge < -0.3 is 24.0 Å². The molecule has 2 aromatic rings. The number of benzene rings is 2. The van der Waals surface area contributed by atoms with Crippen LogP contribution in [0.25, 0.3) is 0 Å². The van der Waals surface area contributed by atoms with E-state index in [0.717, 1.165) is 29.4 Å². The molecule has 3 rings (SSSR count). The Morgan fingerprint density at radius 2 is 1.59 bits per heavy atom. The number of carbonyl (C=O) groups excluding carboxylic acids is 1. The average molecular weight is 419 g/mol. The van der Waals surface area contributed by atoms with Crippen molar-refractivity contribution in [2.75, 3.05) is 52.4 Å². The van der Waals surface area contributed by atoms with Crippen molar-refractivity contribution < 1.29 is 19.0 Å². The molecule has 29 heavy (non-hydrogen) atoms. The van der Waals surface area contributed by atoms with E-state index in [-0.39, 0.29) is 12.3 Å². The van der Waals surface area contributed by atoms with Gasteiger partial charge in [0.25, 0.3) is 0 Å². The molecule has 6 nitrogen and oxygen atoms in total. The quantitative estimate of drug-likeness (QED) is 0.717. The van der Waals surface area contributed by atoms with E-state index in [1.54, 1.807) is 21.3 Å². The molecule has 2 aromatic carbocycles. The van der Waals surface area contributed by atoms with Crippen LogP contribution in [0.1, 0.15) is 11.1 Å². The van der Waals surface area contributed by atoms with Gasteiger partial charge in [-0.2, -0.15) is 0 Å². The van der Waals surface area contributed by atoms with Crippen molar-refractivity contribution in [2.45, 2.75) is 13.3 Å². The van der Waals surface area contributed by atoms with Crippen molar-refractivity contribution in [2.24, 2.45) is 0 Å². The number of methoxy groups -OCH3 is 3. The van der Waals surface area contributed by atoms with Gasteiger partial charge in [0.15, 0.2) is 11.5 Å². The second kappa shape index (κ2) is 9.27. The highest BCUT2D eigenvalue weighted by Gasteiger charge is 2.23. The highest BCUT2D eigenvalue weighted by atomic mass is 35.5. The predicted octanol–water partition coefficient (Wildman–Crippen LogP) is 3.57. The summed E-state index contributed by atoms with van der Waals surface area (Å²) in [6.07, 6.45) is 0.285. The molecule has 156 valence electrons. The van der Waals surface area contributed by atoms with Gasteiger partial charge >= 0.3 is 0 Å². The minimum absolute atomic E-state index is 0.0849. The zero-order valence-electron chi connectivity index (χ0n) is 17.3. The maximum atomic E-state index is 12.9. The number of nitrogens with zero attached hydrogens (tertiary/aromatic N) is 2. The Morgan fingerprint density at radius 1 is 0.966 bits per heavy atom. The van der Waals surface area contributed by atoms with Crippen LogP contribution in [0.2, 0.25) is 5.02 Å². The lowest BCUT2D eigenvalue weighted by atomic mass is 10.1. The van der Waals surface area contributed by atoms with Gasteiger partial charge in [0.1, 0.15) is 0 Å². The third kappa shape index (κ3) is 4.70. The summed E-state index contributed by atoms with van der Waals surface area (Å²) in [4.78, 5) is 17.0. The normalized spacial score (nSPS) is 14.0. The highest BCUT2D eigenvalue weighted by Crippen LogP contribution is 2.38. The standard InChI is InChI=1S/C22H27ClN2O4/c1-15-5-6-17(23)14-18(15)24-7-9-25(10-8-24)21(26)13-16-11-19(27-2)22(29-4)20(12-16)28-3/h5-6,11-12,14H,7-10,13H2,1-4H3. The van der Waals surface area contributed by atoms with Gasteiger partial charge in [-0.05, 0) is 42.3 Å². The van der Waals surface area contributed by atoms with E-state index in [0.29, 0.717) is 30.3 Å². The largest absolute Gasteiger partial charge is 0.493 e. The summed E-state index contributed by atoms with van der Waals surface area (Å²) >= 11 is 6.16. The highest BCUT2D eigenvalue weighted by molar-refractivity contribution is 6.30. The number of ether oxygens (including phenoxy) is 3. The lowest BCUT2D eigenvalue weighted by Gasteiger charge is -2.37. The van der Waals surface area contributed by atoms with Gasteiger partial charge in [-0.1, -0.05) is 17.7 Å². The molecule has 0 unspecified atom stereocenters. The van der Waals surface area contributed by atoms with Gasteiger partial charge in [-0.25, -0.2) is 0 Å². The number of aryl methyl sites for hydroxylation is 1. The molecule has 0 atom stereocenters. The van der Waals surface area contributed by atoms with Crippen molar-refractivity contribution in [1.29, 1.82) is 0 Å². The van der Waals surface area contributed by atoms with E-state index in [4.69, 9.17) is 25.8 Å². The van der Waals surface area contributed by atoms with Crippen LogP contribution in [0.5, 0.6) is 17.2 Å². The second-order valence-corrected chi connectivity index (χ2v) is 7.45. The molecule has 1 aliphatic rings. The number of anilines is 1. The Hall–Kier alpha value is -2.60. The molecule has 0 radical (unpaired) electrons. The fourth-order valence-corrected chi connectivity index (χ4v) is 3.81. The zero-order valence-corrected chi connectivity index (χ0v) is 18.1. The van der Waals surface area contributed by atoms with Gasteiger partial charge in [0.2, 0.25) is 11.7 Å². The molecule has 0 aliphatic carbocycles. The molecule has 0 aromatic heterocycles. The molecule has 1 aliphatic heterocycles. The fraction of sp³-hybridized carbons (Fsp3) is 0.409. The number of rotatable bonds is 6. The van der Waals surface area contributed by atoms with Crippen LogP contribution in [-0.2, 0) is 11.2 Å². The molecule has 0 N–H and O–H groups in total. The summed E-state index contributed by atoms with van der Waals surface area (Å²) in [5.41, 5.74) is 3.15. The first-order chi connectivity index (χ1) is 14.0. The Balaban J connectivity index is 1.66. The second-order valence-electron chi connectivity index (χ2n) is 7.01. The molecule has 1 fully saturated rings. The smallest absolute Gasteiger partial charge is 0.227 e. The summed E-state index contributed by atoms with van der Waals surface area (Å²) < 4.78 is 16.1. The van der Waals surface area contributed by atoms with Gasteiger partial charge in [0, 0.05) is 36.9 Å². The van der Waals surface area contributed by atoms with Gasteiger partial charge in [0.05, 0.1) is 27.8 Å². The summed E-state index contributed by atoms with van der Waals surface area (Å²) in [6.45, 7) is 4.99. The maximum Gasteiger partial charge on any atom is 0.227 e. The average Bonchev–Trinajstić information content (AvgIpc) is 2.74. The van der Waals surface area contributed by atoms with Crippen molar-refractivity contribution in [3.63, 3.8) is 0 Å². The van der Waals surface area contributed by atoms with E-state index in [1.807, 2.05) is 35.2 Å². The zero-order chi connectivity index (χ0) is 21.0. The number of amides is 1. The number of hydrogen-bond acceptors (Lipinski definition) is 5. The molecule has 1 amide bonds. The summed E-state index contributed by atoms with van der Waals surface area (Å²) in [5.74, 6) is 1.71. The van der Waals surface area contributed by atoms with Crippen LogP contribution in [0.3, 0.4) is 0 Å². The third-order valence-electron chi connectivity index (χ3n) is 5.22. The molecule has 0 saturated carbocycles. The first kappa shape index (κ1) is 21.1. The van der Waals surface area contributed by atoms with E-state index < -0.39 is 0 Å². The number of carbonyl (C=O) groups is 1. The molecule has 0 spiro atoms. The minimum atomic E-state index is 0.0849. The first-order valence-corrected chi connectivity index (χ1v) is 9.92. The van der Waals surface area contributed by atoms with Crippen molar-refractivity contribution >= 4 is 23.2 Å². The molecule has 0 bridgehead atoms. The number of hydrogen-bond donors (Lipinski definition) is 0. The number of piperazine rings is 1. The van der Waals surface area contributed by atoms with Crippen LogP contribution in [0, 0.1) is 6.92 Å². The summed E-state index contributed by atoms with van der Waals surface area (Å²) in [6, 6.07) is 9.57. The summed E-state index contributed by atoms with van der Waals surface area (Å²) in [7, 11) is 4.70.